The van der Waals surface area contributed by atoms with Gasteiger partial charge in [0.05, 0.1) is 5.69 Å². The summed E-state index contributed by atoms with van der Waals surface area (Å²) in [5, 5.41) is 7.10. The molecule has 0 aliphatic heterocycles. The summed E-state index contributed by atoms with van der Waals surface area (Å²) in [7, 11) is 0. The quantitative estimate of drug-likeness (QED) is 0.369. The molecule has 0 fully saturated rings. The number of aromatic nitrogens is 4. The van der Waals surface area contributed by atoms with Crippen molar-refractivity contribution in [2.45, 2.75) is 32.6 Å². The number of carbonyl (C=O) groups is 1. The molecule has 176 valence electrons. The summed E-state index contributed by atoms with van der Waals surface area (Å²) in [6, 6.07) is 10.1. The van der Waals surface area contributed by atoms with Gasteiger partial charge in [-0.15, -0.1) is 11.3 Å². The van der Waals surface area contributed by atoms with Crippen molar-refractivity contribution in [3.05, 3.63) is 88.1 Å². The molecule has 0 atom stereocenters. The van der Waals surface area contributed by atoms with Crippen molar-refractivity contribution in [2.75, 3.05) is 0 Å². The third kappa shape index (κ3) is 5.48. The van der Waals surface area contributed by atoms with Crippen molar-refractivity contribution in [2.24, 2.45) is 0 Å². The number of thiazole rings is 1. The molecular weight excluding hydrogens is 470 g/mol. The molecule has 0 radical (unpaired) electrons. The first-order chi connectivity index (χ1) is 16.2. The van der Waals surface area contributed by atoms with Gasteiger partial charge in [-0.05, 0) is 48.7 Å². The maximum Gasteiger partial charge on any atom is 0.433 e. The fourth-order valence-electron chi connectivity index (χ4n) is 3.29. The van der Waals surface area contributed by atoms with Gasteiger partial charge >= 0.3 is 6.18 Å². The summed E-state index contributed by atoms with van der Waals surface area (Å²) < 4.78 is 54.9. The van der Waals surface area contributed by atoms with E-state index in [1.165, 1.54) is 24.3 Å². The molecule has 4 aromatic rings. The van der Waals surface area contributed by atoms with Crippen LogP contribution in [0, 0.1) is 12.7 Å². The van der Waals surface area contributed by atoms with Gasteiger partial charge in [0.25, 0.3) is 5.91 Å². The second kappa shape index (κ2) is 9.72. The lowest BCUT2D eigenvalue weighted by Crippen LogP contribution is -2.22. The van der Waals surface area contributed by atoms with E-state index >= 15 is 0 Å². The Labute approximate surface area is 196 Å². The molecule has 0 saturated carbocycles. The van der Waals surface area contributed by atoms with Crippen LogP contribution < -0.4 is 5.32 Å². The van der Waals surface area contributed by atoms with Crippen molar-refractivity contribution in [3.63, 3.8) is 0 Å². The molecule has 3 heterocycles. The first-order valence-corrected chi connectivity index (χ1v) is 11.1. The van der Waals surface area contributed by atoms with Gasteiger partial charge in [-0.25, -0.2) is 9.37 Å². The smallest absolute Gasteiger partial charge is 0.347 e. The predicted octanol–water partition coefficient (Wildman–Crippen LogP) is 5.04. The van der Waals surface area contributed by atoms with Crippen molar-refractivity contribution in [1.29, 1.82) is 0 Å². The fourth-order valence-corrected chi connectivity index (χ4v) is 4.23. The molecule has 4 rings (SSSR count). The average molecular weight is 489 g/mol. The highest BCUT2D eigenvalue weighted by Crippen LogP contribution is 2.34. The van der Waals surface area contributed by atoms with E-state index in [0.29, 0.717) is 16.1 Å². The number of nitrogens with one attached hydrogen (secondary N) is 1. The SMILES string of the molecule is Cc1nc(-c2cc(C(F)(F)F)n(CCc3ccc(F)cc3)n2)sc1C(=O)NCc1cccnc1. The number of amides is 1. The minimum absolute atomic E-state index is 0.0332. The molecule has 0 saturated heterocycles. The van der Waals surface area contributed by atoms with Gasteiger partial charge in [-0.1, -0.05) is 18.2 Å². The highest BCUT2D eigenvalue weighted by Gasteiger charge is 2.36. The first-order valence-electron chi connectivity index (χ1n) is 10.2. The largest absolute Gasteiger partial charge is 0.433 e. The Morgan fingerprint density at radius 2 is 1.91 bits per heavy atom. The van der Waals surface area contributed by atoms with Crippen LogP contribution in [0.1, 0.15) is 32.2 Å². The summed E-state index contributed by atoms with van der Waals surface area (Å²) in [5.74, 6) is -0.794. The van der Waals surface area contributed by atoms with Gasteiger partial charge in [0.1, 0.15) is 27.1 Å². The number of carbonyl (C=O) groups excluding carboxylic acids is 1. The number of benzene rings is 1. The highest BCUT2D eigenvalue weighted by atomic mass is 32.1. The van der Waals surface area contributed by atoms with Gasteiger partial charge in [0.15, 0.2) is 0 Å². The predicted molar refractivity (Wildman–Crippen MR) is 119 cm³/mol. The zero-order valence-corrected chi connectivity index (χ0v) is 18.8. The van der Waals surface area contributed by atoms with E-state index in [1.807, 2.05) is 6.07 Å². The number of rotatable bonds is 7. The minimum atomic E-state index is -4.62. The summed E-state index contributed by atoms with van der Waals surface area (Å²) in [4.78, 5) is 21.2. The molecule has 3 aromatic heterocycles. The van der Waals surface area contributed by atoms with E-state index in [1.54, 1.807) is 25.4 Å². The average Bonchev–Trinajstić information content (AvgIpc) is 3.41. The topological polar surface area (TPSA) is 72.7 Å². The first kappa shape index (κ1) is 23.6. The third-order valence-electron chi connectivity index (χ3n) is 4.99. The molecule has 34 heavy (non-hydrogen) atoms. The number of halogens is 4. The molecule has 0 aliphatic carbocycles. The Hall–Kier alpha value is -3.60. The third-order valence-corrected chi connectivity index (χ3v) is 6.17. The van der Waals surface area contributed by atoms with Crippen LogP contribution in [0.3, 0.4) is 0 Å². The van der Waals surface area contributed by atoms with Gasteiger partial charge in [-0.3, -0.25) is 14.5 Å². The second-order valence-electron chi connectivity index (χ2n) is 7.49. The molecule has 1 N–H and O–H groups in total. The second-order valence-corrected chi connectivity index (χ2v) is 8.49. The number of alkyl halides is 3. The number of hydrogen-bond donors (Lipinski definition) is 1. The van der Waals surface area contributed by atoms with Crippen LogP contribution in [-0.4, -0.2) is 25.7 Å². The molecule has 1 amide bonds. The van der Waals surface area contributed by atoms with Crippen molar-refractivity contribution < 1.29 is 22.4 Å². The van der Waals surface area contributed by atoms with E-state index in [9.17, 15) is 22.4 Å². The van der Waals surface area contributed by atoms with Gasteiger partial charge in [0.2, 0.25) is 0 Å². The monoisotopic (exact) mass is 489 g/mol. The highest BCUT2D eigenvalue weighted by molar-refractivity contribution is 7.17. The molecule has 0 aliphatic rings. The van der Waals surface area contributed by atoms with E-state index in [0.717, 1.165) is 27.6 Å². The Kier molecular flexibility index (Phi) is 6.73. The van der Waals surface area contributed by atoms with Gasteiger partial charge < -0.3 is 5.32 Å². The molecule has 0 spiro atoms. The zero-order chi connectivity index (χ0) is 24.3. The number of nitrogens with zero attached hydrogens (tertiary/aromatic N) is 4. The number of aryl methyl sites for hydroxylation is 3. The van der Waals surface area contributed by atoms with Crippen molar-refractivity contribution >= 4 is 17.2 Å². The van der Waals surface area contributed by atoms with E-state index in [2.05, 4.69) is 20.4 Å². The van der Waals surface area contributed by atoms with E-state index in [-0.39, 0.29) is 36.1 Å². The van der Waals surface area contributed by atoms with Gasteiger partial charge in [0, 0.05) is 25.5 Å². The Bertz CT molecular complexity index is 1280. The minimum Gasteiger partial charge on any atom is -0.347 e. The fraction of sp³-hybridized carbons (Fsp3) is 0.217. The molecule has 6 nitrogen and oxygen atoms in total. The number of pyridine rings is 1. The lowest BCUT2D eigenvalue weighted by molar-refractivity contribution is -0.144. The Balaban J connectivity index is 1.54. The summed E-state index contributed by atoms with van der Waals surface area (Å²) in [6.45, 7) is 1.83. The lowest BCUT2D eigenvalue weighted by Gasteiger charge is -2.10. The van der Waals surface area contributed by atoms with Crippen LogP contribution in [0.4, 0.5) is 17.6 Å². The maximum absolute atomic E-state index is 13.6. The van der Waals surface area contributed by atoms with E-state index in [4.69, 9.17) is 0 Å². The van der Waals surface area contributed by atoms with Crippen LogP contribution in [0.15, 0.2) is 54.9 Å². The Morgan fingerprint density at radius 3 is 2.59 bits per heavy atom. The summed E-state index contributed by atoms with van der Waals surface area (Å²) in [5.41, 5.74) is 1.01. The van der Waals surface area contributed by atoms with Crippen molar-refractivity contribution in [3.8, 4) is 10.7 Å². The van der Waals surface area contributed by atoms with Crippen LogP contribution >= 0.6 is 11.3 Å². The molecule has 1 aromatic carbocycles. The zero-order valence-electron chi connectivity index (χ0n) is 17.9. The molecular formula is C23H19F4N5OS. The van der Waals surface area contributed by atoms with Crippen LogP contribution in [0.2, 0.25) is 0 Å². The van der Waals surface area contributed by atoms with Crippen molar-refractivity contribution in [1.82, 2.24) is 25.1 Å². The van der Waals surface area contributed by atoms with Crippen LogP contribution in [-0.2, 0) is 25.7 Å². The molecule has 11 heteroatoms. The summed E-state index contributed by atoms with van der Waals surface area (Å²) in [6.07, 6.45) is -1.13. The van der Waals surface area contributed by atoms with E-state index < -0.39 is 17.7 Å². The normalized spacial score (nSPS) is 11.6. The number of hydrogen-bond acceptors (Lipinski definition) is 5. The standard InChI is InChI=1S/C23H19F4N5OS/c1-14-20(21(33)29-13-16-3-2-9-28-12-16)34-22(30-14)18-11-19(23(25,26)27)32(31-18)10-8-15-4-6-17(24)7-5-15/h2-7,9,11-12H,8,10,13H2,1H3,(H,29,33). The van der Waals surface area contributed by atoms with Gasteiger partial charge in [-0.2, -0.15) is 18.3 Å². The van der Waals surface area contributed by atoms with Crippen LogP contribution in [0.25, 0.3) is 10.7 Å². The molecule has 0 unspecified atom stereocenters. The maximum atomic E-state index is 13.6. The Morgan fingerprint density at radius 1 is 1.15 bits per heavy atom. The lowest BCUT2D eigenvalue weighted by atomic mass is 10.1. The van der Waals surface area contributed by atoms with Crippen LogP contribution in [0.5, 0.6) is 0 Å². The summed E-state index contributed by atoms with van der Waals surface area (Å²) >= 11 is 0.981. The molecule has 0 bridgehead atoms.